The molecule has 4 N–H and O–H groups in total. The summed E-state index contributed by atoms with van der Waals surface area (Å²) in [6.07, 6.45) is 1.34. The second-order valence-corrected chi connectivity index (χ2v) is 4.73. The largest absolute Gasteiger partial charge is 0.394 e. The fourth-order valence-corrected chi connectivity index (χ4v) is 2.26. The molecular weight excluding hydrogens is 250 g/mol. The number of ether oxygens (including phenoxy) is 1. The molecule has 19 heavy (non-hydrogen) atoms. The molecule has 1 saturated heterocycles. The first-order valence-corrected chi connectivity index (χ1v) is 6.38. The van der Waals surface area contributed by atoms with Crippen LogP contribution in [0.2, 0.25) is 0 Å². The highest BCUT2D eigenvalue weighted by Gasteiger charge is 2.35. The number of anilines is 1. The molecule has 7 nitrogen and oxygen atoms in total. The van der Waals surface area contributed by atoms with Crippen molar-refractivity contribution in [1.29, 1.82) is 0 Å². The number of nitrogen functional groups attached to an aromatic ring is 1. The van der Waals surface area contributed by atoms with E-state index >= 15 is 0 Å². The van der Waals surface area contributed by atoms with Gasteiger partial charge in [-0.15, -0.1) is 0 Å². The van der Waals surface area contributed by atoms with Crippen molar-refractivity contribution in [2.45, 2.75) is 44.6 Å². The van der Waals surface area contributed by atoms with Gasteiger partial charge < -0.3 is 20.7 Å². The first-order chi connectivity index (χ1) is 9.06. The molecule has 0 aliphatic carbocycles. The SMILES string of the molecule is CCCc1cn([C@@H]2O[C@H](CO)CC2O)c(=O)nc1N. The van der Waals surface area contributed by atoms with Crippen LogP contribution in [0.15, 0.2) is 11.0 Å². The maximum Gasteiger partial charge on any atom is 0.351 e. The summed E-state index contributed by atoms with van der Waals surface area (Å²) in [6, 6.07) is 0. The topological polar surface area (TPSA) is 111 Å². The van der Waals surface area contributed by atoms with Crippen LogP contribution in [0.25, 0.3) is 0 Å². The lowest BCUT2D eigenvalue weighted by molar-refractivity contribution is -0.0530. The quantitative estimate of drug-likeness (QED) is 0.674. The van der Waals surface area contributed by atoms with Gasteiger partial charge in [-0.25, -0.2) is 4.79 Å². The van der Waals surface area contributed by atoms with Gasteiger partial charge in [-0.05, 0) is 6.42 Å². The van der Waals surface area contributed by atoms with Crippen molar-refractivity contribution >= 4 is 5.82 Å². The average Bonchev–Trinajstić information content (AvgIpc) is 2.74. The predicted molar refractivity (Wildman–Crippen MR) is 68.5 cm³/mol. The Morgan fingerprint density at radius 2 is 2.37 bits per heavy atom. The Morgan fingerprint density at radius 3 is 2.95 bits per heavy atom. The summed E-state index contributed by atoms with van der Waals surface area (Å²) >= 11 is 0. The van der Waals surface area contributed by atoms with Gasteiger partial charge >= 0.3 is 5.69 Å². The van der Waals surface area contributed by atoms with Crippen LogP contribution < -0.4 is 11.4 Å². The van der Waals surface area contributed by atoms with E-state index in [1.165, 1.54) is 4.57 Å². The zero-order chi connectivity index (χ0) is 14.0. The minimum atomic E-state index is -0.838. The zero-order valence-electron chi connectivity index (χ0n) is 10.8. The molecule has 1 aliphatic rings. The molecule has 0 bridgehead atoms. The van der Waals surface area contributed by atoms with Gasteiger partial charge in [-0.1, -0.05) is 13.3 Å². The van der Waals surface area contributed by atoms with Crippen LogP contribution in [-0.4, -0.2) is 38.6 Å². The molecule has 0 aromatic carbocycles. The Kier molecular flexibility index (Phi) is 4.18. The van der Waals surface area contributed by atoms with Crippen LogP contribution in [0.5, 0.6) is 0 Å². The van der Waals surface area contributed by atoms with Crippen molar-refractivity contribution < 1.29 is 14.9 Å². The Balaban J connectivity index is 2.34. The van der Waals surface area contributed by atoms with E-state index in [2.05, 4.69) is 4.98 Å². The smallest absolute Gasteiger partial charge is 0.351 e. The molecule has 7 heteroatoms. The molecule has 0 spiro atoms. The second kappa shape index (κ2) is 5.68. The van der Waals surface area contributed by atoms with Crippen LogP contribution in [0.1, 0.15) is 31.6 Å². The number of rotatable bonds is 4. The normalized spacial score (nSPS) is 26.8. The number of hydrogen-bond acceptors (Lipinski definition) is 6. The molecule has 0 radical (unpaired) electrons. The lowest BCUT2D eigenvalue weighted by atomic mass is 10.1. The van der Waals surface area contributed by atoms with Crippen molar-refractivity contribution in [3.63, 3.8) is 0 Å². The van der Waals surface area contributed by atoms with Gasteiger partial charge in [0.1, 0.15) is 11.9 Å². The molecule has 1 fully saturated rings. The minimum absolute atomic E-state index is 0.188. The number of aromatic nitrogens is 2. The van der Waals surface area contributed by atoms with Crippen LogP contribution in [0, 0.1) is 0 Å². The van der Waals surface area contributed by atoms with Crippen molar-refractivity contribution in [2.24, 2.45) is 0 Å². The highest BCUT2D eigenvalue weighted by Crippen LogP contribution is 2.28. The zero-order valence-corrected chi connectivity index (χ0v) is 10.8. The van der Waals surface area contributed by atoms with Crippen molar-refractivity contribution in [2.75, 3.05) is 12.3 Å². The Labute approximate surface area is 110 Å². The average molecular weight is 269 g/mol. The molecule has 0 saturated carbocycles. The molecule has 3 atom stereocenters. The van der Waals surface area contributed by atoms with Crippen LogP contribution in [-0.2, 0) is 11.2 Å². The second-order valence-electron chi connectivity index (χ2n) is 4.73. The molecule has 106 valence electrons. The number of aliphatic hydroxyl groups excluding tert-OH is 2. The third-order valence-corrected chi connectivity index (χ3v) is 3.22. The van der Waals surface area contributed by atoms with Gasteiger partial charge in [0.15, 0.2) is 6.23 Å². The molecule has 0 amide bonds. The lowest BCUT2D eigenvalue weighted by Crippen LogP contribution is -2.33. The van der Waals surface area contributed by atoms with Crippen molar-refractivity contribution in [3.8, 4) is 0 Å². The number of aryl methyl sites for hydroxylation is 1. The third-order valence-electron chi connectivity index (χ3n) is 3.22. The summed E-state index contributed by atoms with van der Waals surface area (Å²) in [6.45, 7) is 1.81. The Hall–Kier alpha value is -1.44. The third kappa shape index (κ3) is 2.78. The highest BCUT2D eigenvalue weighted by atomic mass is 16.5. The molecule has 1 aromatic rings. The number of aliphatic hydroxyl groups is 2. The van der Waals surface area contributed by atoms with Gasteiger partial charge in [0.25, 0.3) is 0 Å². The predicted octanol–water partition coefficient (Wildman–Crippen LogP) is -0.581. The standard InChI is InChI=1S/C12H19N3O4/c1-2-3-7-5-15(12(18)14-10(7)13)11-9(17)4-8(6-16)19-11/h5,8-9,11,16-17H,2-4,6H2,1H3,(H2,13,14,18)/t8-,9?,11+/m0/s1. The fourth-order valence-electron chi connectivity index (χ4n) is 2.26. The van der Waals surface area contributed by atoms with Gasteiger partial charge in [0.05, 0.1) is 12.7 Å². The van der Waals surface area contributed by atoms with Crippen molar-refractivity contribution in [3.05, 3.63) is 22.2 Å². The van der Waals surface area contributed by atoms with E-state index in [1.54, 1.807) is 6.20 Å². The van der Waals surface area contributed by atoms with Gasteiger partial charge in [0.2, 0.25) is 0 Å². The lowest BCUT2D eigenvalue weighted by Gasteiger charge is -2.18. The molecule has 1 aliphatic heterocycles. The van der Waals surface area contributed by atoms with Crippen LogP contribution in [0.3, 0.4) is 0 Å². The molecule has 1 aromatic heterocycles. The summed E-state index contributed by atoms with van der Waals surface area (Å²) in [5, 5.41) is 18.9. The first kappa shape index (κ1) is 14.0. The monoisotopic (exact) mass is 269 g/mol. The molecule has 2 heterocycles. The summed E-state index contributed by atoms with van der Waals surface area (Å²) in [4.78, 5) is 15.6. The summed E-state index contributed by atoms with van der Waals surface area (Å²) in [5.41, 5.74) is 5.89. The summed E-state index contributed by atoms with van der Waals surface area (Å²) in [7, 11) is 0. The van der Waals surface area contributed by atoms with Crippen LogP contribution in [0.4, 0.5) is 5.82 Å². The van der Waals surface area contributed by atoms with Gasteiger partial charge in [-0.2, -0.15) is 4.98 Å². The van der Waals surface area contributed by atoms with Gasteiger partial charge in [0, 0.05) is 18.2 Å². The van der Waals surface area contributed by atoms with E-state index in [0.29, 0.717) is 12.8 Å². The van der Waals surface area contributed by atoms with E-state index in [-0.39, 0.29) is 12.4 Å². The Morgan fingerprint density at radius 1 is 1.63 bits per heavy atom. The van der Waals surface area contributed by atoms with E-state index in [1.807, 2.05) is 6.92 Å². The van der Waals surface area contributed by atoms with Gasteiger partial charge in [-0.3, -0.25) is 4.57 Å². The van der Waals surface area contributed by atoms with Crippen LogP contribution >= 0.6 is 0 Å². The maximum absolute atomic E-state index is 11.8. The van der Waals surface area contributed by atoms with E-state index in [0.717, 1.165) is 12.0 Å². The van der Waals surface area contributed by atoms with E-state index < -0.39 is 24.1 Å². The molecule has 2 rings (SSSR count). The van der Waals surface area contributed by atoms with E-state index in [4.69, 9.17) is 15.6 Å². The first-order valence-electron chi connectivity index (χ1n) is 6.38. The summed E-state index contributed by atoms with van der Waals surface area (Å²) in [5.74, 6) is 0.217. The maximum atomic E-state index is 11.8. The number of nitrogens with two attached hydrogens (primary N) is 1. The van der Waals surface area contributed by atoms with E-state index in [9.17, 15) is 9.90 Å². The summed E-state index contributed by atoms with van der Waals surface area (Å²) < 4.78 is 6.70. The fraction of sp³-hybridized carbons (Fsp3) is 0.667. The molecular formula is C12H19N3O4. The Bertz CT molecular complexity index is 502. The molecule has 1 unspecified atom stereocenters. The highest BCUT2D eigenvalue weighted by molar-refractivity contribution is 5.36. The number of nitrogens with zero attached hydrogens (tertiary/aromatic N) is 2. The minimum Gasteiger partial charge on any atom is -0.394 e. The number of hydrogen-bond donors (Lipinski definition) is 3. The van der Waals surface area contributed by atoms with Crippen molar-refractivity contribution in [1.82, 2.24) is 9.55 Å².